The molecule has 0 spiro atoms. The van der Waals surface area contributed by atoms with Crippen LogP contribution in [0.3, 0.4) is 0 Å². The van der Waals surface area contributed by atoms with Crippen molar-refractivity contribution in [3.63, 3.8) is 0 Å². The molecule has 0 amide bonds. The van der Waals surface area contributed by atoms with Crippen molar-refractivity contribution in [1.82, 2.24) is 5.43 Å². The van der Waals surface area contributed by atoms with Gasteiger partial charge >= 0.3 is 0 Å². The van der Waals surface area contributed by atoms with Crippen LogP contribution in [0.25, 0.3) is 0 Å². The van der Waals surface area contributed by atoms with E-state index in [4.69, 9.17) is 20.1 Å². The SMILES string of the molecule is COc1ccc(CC(NN)C2=COCCC2)cc1OC. The zero-order valence-corrected chi connectivity index (χ0v) is 12.0. The summed E-state index contributed by atoms with van der Waals surface area (Å²) in [5.74, 6) is 7.14. The summed E-state index contributed by atoms with van der Waals surface area (Å²) in [6, 6.07) is 5.99. The van der Waals surface area contributed by atoms with E-state index >= 15 is 0 Å². The van der Waals surface area contributed by atoms with Crippen LogP contribution in [0, 0.1) is 0 Å². The number of rotatable bonds is 6. The van der Waals surface area contributed by atoms with E-state index in [0.29, 0.717) is 0 Å². The fraction of sp³-hybridized carbons (Fsp3) is 0.467. The van der Waals surface area contributed by atoms with Crippen molar-refractivity contribution in [2.24, 2.45) is 5.84 Å². The molecule has 1 unspecified atom stereocenters. The quantitative estimate of drug-likeness (QED) is 0.613. The first-order chi connectivity index (χ1) is 9.78. The Morgan fingerprint density at radius 2 is 2.10 bits per heavy atom. The zero-order valence-electron chi connectivity index (χ0n) is 12.0. The topological polar surface area (TPSA) is 65.7 Å². The molecule has 0 saturated carbocycles. The second-order valence-electron chi connectivity index (χ2n) is 4.78. The van der Waals surface area contributed by atoms with Gasteiger partial charge in [0.2, 0.25) is 0 Å². The summed E-state index contributed by atoms with van der Waals surface area (Å²) >= 11 is 0. The second-order valence-corrected chi connectivity index (χ2v) is 4.78. The number of benzene rings is 1. The minimum atomic E-state index is 0.0772. The van der Waals surface area contributed by atoms with Gasteiger partial charge < -0.3 is 14.2 Å². The molecule has 1 aliphatic rings. The molecule has 110 valence electrons. The van der Waals surface area contributed by atoms with Crippen molar-refractivity contribution in [3.8, 4) is 11.5 Å². The van der Waals surface area contributed by atoms with Gasteiger partial charge in [0, 0.05) is 6.04 Å². The minimum absolute atomic E-state index is 0.0772. The summed E-state index contributed by atoms with van der Waals surface area (Å²) in [5, 5.41) is 0. The van der Waals surface area contributed by atoms with Crippen LogP contribution in [-0.4, -0.2) is 26.9 Å². The highest BCUT2D eigenvalue weighted by Crippen LogP contribution is 2.29. The summed E-state index contributed by atoms with van der Waals surface area (Å²) in [7, 11) is 3.27. The van der Waals surface area contributed by atoms with Crippen molar-refractivity contribution >= 4 is 0 Å². The average molecular weight is 278 g/mol. The number of nitrogens with one attached hydrogen (secondary N) is 1. The van der Waals surface area contributed by atoms with Crippen molar-refractivity contribution in [2.75, 3.05) is 20.8 Å². The van der Waals surface area contributed by atoms with Gasteiger partial charge in [0.05, 0.1) is 27.1 Å². The Hall–Kier alpha value is -1.72. The van der Waals surface area contributed by atoms with Crippen LogP contribution in [0.4, 0.5) is 0 Å². The maximum atomic E-state index is 5.68. The zero-order chi connectivity index (χ0) is 14.4. The van der Waals surface area contributed by atoms with Crippen LogP contribution in [-0.2, 0) is 11.2 Å². The molecule has 0 fully saturated rings. The number of nitrogens with two attached hydrogens (primary N) is 1. The van der Waals surface area contributed by atoms with E-state index in [-0.39, 0.29) is 6.04 Å². The summed E-state index contributed by atoms with van der Waals surface area (Å²) in [5.41, 5.74) is 5.20. The Bertz CT molecular complexity index is 474. The summed E-state index contributed by atoms with van der Waals surface area (Å²) in [6.45, 7) is 0.789. The third kappa shape index (κ3) is 3.43. The molecular weight excluding hydrogens is 256 g/mol. The van der Waals surface area contributed by atoms with Crippen LogP contribution >= 0.6 is 0 Å². The van der Waals surface area contributed by atoms with E-state index in [9.17, 15) is 0 Å². The van der Waals surface area contributed by atoms with Crippen LogP contribution in [0.2, 0.25) is 0 Å². The highest BCUT2D eigenvalue weighted by Gasteiger charge is 2.17. The van der Waals surface area contributed by atoms with E-state index in [1.807, 2.05) is 24.5 Å². The van der Waals surface area contributed by atoms with E-state index in [2.05, 4.69) is 5.43 Å². The first-order valence-electron chi connectivity index (χ1n) is 6.76. The first-order valence-corrected chi connectivity index (χ1v) is 6.76. The van der Waals surface area contributed by atoms with Crippen LogP contribution in [0.1, 0.15) is 18.4 Å². The lowest BCUT2D eigenvalue weighted by atomic mass is 9.96. The second kappa shape index (κ2) is 7.17. The molecule has 0 aromatic heterocycles. The van der Waals surface area contributed by atoms with E-state index in [0.717, 1.165) is 42.9 Å². The van der Waals surface area contributed by atoms with Gasteiger partial charge in [-0.25, -0.2) is 0 Å². The normalized spacial score (nSPS) is 16.1. The highest BCUT2D eigenvalue weighted by atomic mass is 16.5. The van der Waals surface area contributed by atoms with Crippen LogP contribution in [0.15, 0.2) is 30.0 Å². The van der Waals surface area contributed by atoms with Crippen molar-refractivity contribution in [3.05, 3.63) is 35.6 Å². The first kappa shape index (κ1) is 14.7. The molecule has 0 bridgehead atoms. The fourth-order valence-electron chi connectivity index (χ4n) is 2.38. The molecule has 1 atom stereocenters. The number of hydrogen-bond donors (Lipinski definition) is 2. The molecular formula is C15H22N2O3. The number of methoxy groups -OCH3 is 2. The minimum Gasteiger partial charge on any atom is -0.501 e. The Labute approximate surface area is 119 Å². The van der Waals surface area contributed by atoms with Crippen molar-refractivity contribution < 1.29 is 14.2 Å². The maximum absolute atomic E-state index is 5.68. The smallest absolute Gasteiger partial charge is 0.160 e. The van der Waals surface area contributed by atoms with Gasteiger partial charge in [-0.2, -0.15) is 0 Å². The summed E-state index contributed by atoms with van der Waals surface area (Å²) in [6.07, 6.45) is 4.67. The Morgan fingerprint density at radius 1 is 1.30 bits per heavy atom. The standard InChI is InChI=1S/C15H22N2O3/c1-18-14-6-5-11(9-15(14)19-2)8-13(17-16)12-4-3-7-20-10-12/h5-6,9-10,13,17H,3-4,7-8,16H2,1-2H3. The molecule has 1 heterocycles. The number of hydrogen-bond acceptors (Lipinski definition) is 5. The van der Waals surface area contributed by atoms with Crippen LogP contribution < -0.4 is 20.7 Å². The van der Waals surface area contributed by atoms with Gasteiger partial charge in [-0.05, 0) is 42.5 Å². The molecule has 20 heavy (non-hydrogen) atoms. The molecule has 0 aliphatic carbocycles. The third-order valence-electron chi connectivity index (χ3n) is 3.50. The summed E-state index contributed by atoms with van der Waals surface area (Å²) in [4.78, 5) is 0. The molecule has 0 saturated heterocycles. The number of ether oxygens (including phenoxy) is 3. The Kier molecular flexibility index (Phi) is 5.26. The largest absolute Gasteiger partial charge is 0.501 e. The molecule has 3 N–H and O–H groups in total. The Balaban J connectivity index is 2.13. The lowest BCUT2D eigenvalue weighted by Gasteiger charge is -2.23. The highest BCUT2D eigenvalue weighted by molar-refractivity contribution is 5.43. The van der Waals surface area contributed by atoms with Gasteiger partial charge in [0.15, 0.2) is 11.5 Å². The predicted molar refractivity (Wildman–Crippen MR) is 77.6 cm³/mol. The van der Waals surface area contributed by atoms with E-state index < -0.39 is 0 Å². The molecule has 5 heteroatoms. The molecule has 1 aromatic rings. The van der Waals surface area contributed by atoms with Gasteiger partial charge in [0.1, 0.15) is 0 Å². The summed E-state index contributed by atoms with van der Waals surface area (Å²) < 4.78 is 15.9. The molecule has 5 nitrogen and oxygen atoms in total. The van der Waals surface area contributed by atoms with Gasteiger partial charge in [-0.15, -0.1) is 0 Å². The van der Waals surface area contributed by atoms with E-state index in [1.54, 1.807) is 14.2 Å². The predicted octanol–water partition coefficient (Wildman–Crippen LogP) is 1.77. The fourth-order valence-corrected chi connectivity index (χ4v) is 2.38. The van der Waals surface area contributed by atoms with Gasteiger partial charge in [-0.1, -0.05) is 6.07 Å². The average Bonchev–Trinajstić information content (AvgIpc) is 2.53. The third-order valence-corrected chi connectivity index (χ3v) is 3.50. The van der Waals surface area contributed by atoms with E-state index in [1.165, 1.54) is 5.57 Å². The number of hydrazine groups is 1. The molecule has 1 aromatic carbocycles. The lowest BCUT2D eigenvalue weighted by Crippen LogP contribution is -2.39. The van der Waals surface area contributed by atoms with Crippen molar-refractivity contribution in [2.45, 2.75) is 25.3 Å². The molecule has 1 aliphatic heterocycles. The lowest BCUT2D eigenvalue weighted by molar-refractivity contribution is 0.219. The van der Waals surface area contributed by atoms with Gasteiger partial charge in [-0.3, -0.25) is 11.3 Å². The van der Waals surface area contributed by atoms with Gasteiger partial charge in [0.25, 0.3) is 0 Å². The maximum Gasteiger partial charge on any atom is 0.160 e. The Morgan fingerprint density at radius 3 is 2.70 bits per heavy atom. The van der Waals surface area contributed by atoms with Crippen molar-refractivity contribution in [1.29, 1.82) is 0 Å². The molecule has 0 radical (unpaired) electrons. The molecule has 2 rings (SSSR count). The van der Waals surface area contributed by atoms with Crippen LogP contribution in [0.5, 0.6) is 11.5 Å². The monoisotopic (exact) mass is 278 g/mol.